The van der Waals surface area contributed by atoms with Gasteiger partial charge < -0.3 is 14.3 Å². The lowest BCUT2D eigenvalue weighted by atomic mass is 9.86. The maximum Gasteiger partial charge on any atom is 0.256 e. The number of carbonyl (C=O) groups is 2. The minimum Gasteiger partial charge on any atom is -0.361 e. The van der Waals surface area contributed by atoms with Crippen molar-refractivity contribution in [1.29, 1.82) is 0 Å². The van der Waals surface area contributed by atoms with Crippen LogP contribution >= 0.6 is 11.8 Å². The van der Waals surface area contributed by atoms with Gasteiger partial charge in [-0.15, -0.1) is 11.8 Å². The topological polar surface area (TPSA) is 79.5 Å². The molecule has 4 rings (SSSR count). The van der Waals surface area contributed by atoms with E-state index in [4.69, 9.17) is 4.52 Å². The third-order valence-electron chi connectivity index (χ3n) is 6.95. The number of hydrogen-bond acceptors (Lipinski definition) is 6. The lowest BCUT2D eigenvalue weighted by molar-refractivity contribution is -0.133. The second kappa shape index (κ2) is 11.2. The smallest absolute Gasteiger partial charge is 0.256 e. The van der Waals surface area contributed by atoms with Crippen LogP contribution in [0.2, 0.25) is 0 Å². The summed E-state index contributed by atoms with van der Waals surface area (Å²) in [5.41, 5.74) is 2.53. The predicted octanol–water partition coefficient (Wildman–Crippen LogP) is 4.62. The minimum atomic E-state index is -0.0151. The van der Waals surface area contributed by atoms with Crippen molar-refractivity contribution in [1.82, 2.24) is 19.9 Å². The first-order chi connectivity index (χ1) is 16.0. The van der Waals surface area contributed by atoms with E-state index in [2.05, 4.69) is 10.1 Å². The molecule has 2 fully saturated rings. The number of nitrogens with zero attached hydrogens (tertiary/aromatic N) is 4. The zero-order chi connectivity index (χ0) is 23.2. The first-order valence-electron chi connectivity index (χ1n) is 12.1. The average molecular weight is 471 g/mol. The Bertz CT molecular complexity index is 943. The molecule has 8 heteroatoms. The van der Waals surface area contributed by atoms with Crippen LogP contribution in [0.3, 0.4) is 0 Å². The number of hydrogen-bond donors (Lipinski definition) is 0. The monoisotopic (exact) mass is 470 g/mol. The molecule has 1 saturated heterocycles. The van der Waals surface area contributed by atoms with Gasteiger partial charge in [-0.05, 0) is 38.3 Å². The normalized spacial score (nSPS) is 17.4. The molecule has 3 heterocycles. The van der Waals surface area contributed by atoms with Crippen LogP contribution in [-0.2, 0) is 10.5 Å². The molecule has 0 N–H and O–H groups in total. The van der Waals surface area contributed by atoms with Gasteiger partial charge in [-0.2, -0.15) is 0 Å². The Morgan fingerprint density at radius 2 is 1.82 bits per heavy atom. The highest BCUT2D eigenvalue weighted by molar-refractivity contribution is 7.98. The lowest BCUT2D eigenvalue weighted by Crippen LogP contribution is -2.50. The fourth-order valence-electron chi connectivity index (χ4n) is 4.81. The second-order valence-electron chi connectivity index (χ2n) is 9.16. The summed E-state index contributed by atoms with van der Waals surface area (Å²) in [6.45, 7) is 6.17. The van der Waals surface area contributed by atoms with E-state index in [1.54, 1.807) is 12.3 Å². The van der Waals surface area contributed by atoms with E-state index in [9.17, 15) is 9.59 Å². The highest BCUT2D eigenvalue weighted by atomic mass is 32.2. The molecule has 0 aromatic carbocycles. The van der Waals surface area contributed by atoms with Crippen LogP contribution in [0.5, 0.6) is 0 Å². The summed E-state index contributed by atoms with van der Waals surface area (Å²) in [6.07, 6.45) is 9.89. The number of rotatable bonds is 7. The second-order valence-corrected chi connectivity index (χ2v) is 10.1. The molecule has 33 heavy (non-hydrogen) atoms. The van der Waals surface area contributed by atoms with Crippen LogP contribution in [0.25, 0.3) is 0 Å². The lowest BCUT2D eigenvalue weighted by Gasteiger charge is -2.35. The quantitative estimate of drug-likeness (QED) is 0.549. The molecular formula is C25H34N4O3S. The summed E-state index contributed by atoms with van der Waals surface area (Å²) in [6, 6.07) is 3.64. The van der Waals surface area contributed by atoms with Crippen LogP contribution < -0.4 is 0 Å². The van der Waals surface area contributed by atoms with Gasteiger partial charge in [0.15, 0.2) is 0 Å². The van der Waals surface area contributed by atoms with E-state index in [0.29, 0.717) is 48.9 Å². The van der Waals surface area contributed by atoms with Crippen LogP contribution in [0, 0.1) is 19.8 Å². The van der Waals surface area contributed by atoms with E-state index in [0.717, 1.165) is 29.4 Å². The Labute approximate surface area is 200 Å². The van der Waals surface area contributed by atoms with Gasteiger partial charge in [0.05, 0.1) is 11.3 Å². The van der Waals surface area contributed by atoms with E-state index < -0.39 is 0 Å². The number of pyridine rings is 1. The van der Waals surface area contributed by atoms with Crippen LogP contribution in [0.15, 0.2) is 27.9 Å². The van der Waals surface area contributed by atoms with E-state index in [1.165, 1.54) is 43.9 Å². The highest BCUT2D eigenvalue weighted by Gasteiger charge is 2.27. The molecule has 1 saturated carbocycles. The molecule has 178 valence electrons. The van der Waals surface area contributed by atoms with E-state index >= 15 is 0 Å². The number of carbonyl (C=O) groups excluding carboxylic acids is 2. The van der Waals surface area contributed by atoms with Crippen LogP contribution in [-0.4, -0.2) is 57.9 Å². The summed E-state index contributed by atoms with van der Waals surface area (Å²) >= 11 is 1.53. The Balaban J connectivity index is 1.30. The Hall–Kier alpha value is -2.35. The maximum atomic E-state index is 13.3. The SMILES string of the molecule is Cc1noc(C)c1CSc1ncccc1C(=O)N1CCN(C(=O)CCC2CCCCC2)CC1. The van der Waals surface area contributed by atoms with Gasteiger partial charge in [0.1, 0.15) is 10.8 Å². The molecule has 0 spiro atoms. The molecule has 0 unspecified atom stereocenters. The van der Waals surface area contributed by atoms with Gasteiger partial charge in [-0.25, -0.2) is 4.98 Å². The van der Waals surface area contributed by atoms with E-state index in [1.807, 2.05) is 29.7 Å². The fraction of sp³-hybridized carbons (Fsp3) is 0.600. The summed E-state index contributed by atoms with van der Waals surface area (Å²) in [4.78, 5) is 34.2. The van der Waals surface area contributed by atoms with Crippen LogP contribution in [0.1, 0.15) is 72.3 Å². The molecule has 1 aliphatic carbocycles. The first kappa shape index (κ1) is 23.8. The number of aryl methyl sites for hydroxylation is 2. The van der Waals surface area contributed by atoms with Crippen molar-refractivity contribution >= 4 is 23.6 Å². The third kappa shape index (κ3) is 5.96. The molecule has 0 radical (unpaired) electrons. The zero-order valence-corrected chi connectivity index (χ0v) is 20.5. The molecule has 2 aliphatic rings. The van der Waals surface area contributed by atoms with Gasteiger partial charge in [-0.1, -0.05) is 37.3 Å². The van der Waals surface area contributed by atoms with Gasteiger partial charge >= 0.3 is 0 Å². The van der Waals surface area contributed by atoms with Gasteiger partial charge in [0.2, 0.25) is 5.91 Å². The molecule has 2 aromatic rings. The Morgan fingerprint density at radius 3 is 2.52 bits per heavy atom. The maximum absolute atomic E-state index is 13.3. The number of aromatic nitrogens is 2. The van der Waals surface area contributed by atoms with E-state index in [-0.39, 0.29) is 11.8 Å². The Morgan fingerprint density at radius 1 is 1.09 bits per heavy atom. The third-order valence-corrected chi connectivity index (χ3v) is 7.98. The molecule has 1 aliphatic heterocycles. The van der Waals surface area contributed by atoms with Crippen LogP contribution in [0.4, 0.5) is 0 Å². The average Bonchev–Trinajstić information content (AvgIpc) is 3.18. The van der Waals surface area contributed by atoms with Crippen molar-refractivity contribution in [2.75, 3.05) is 26.2 Å². The van der Waals surface area contributed by atoms with Gasteiger partial charge in [-0.3, -0.25) is 9.59 Å². The molecule has 7 nitrogen and oxygen atoms in total. The van der Waals surface area contributed by atoms with Gasteiger partial charge in [0, 0.05) is 50.1 Å². The van der Waals surface area contributed by atoms with Crippen molar-refractivity contribution < 1.29 is 14.1 Å². The van der Waals surface area contributed by atoms with Crippen molar-refractivity contribution in [3.63, 3.8) is 0 Å². The van der Waals surface area contributed by atoms with Crippen molar-refractivity contribution in [3.8, 4) is 0 Å². The standard InChI is InChI=1S/C25H34N4O3S/c1-18-22(19(2)32-27-18)17-33-24-21(9-6-12-26-24)25(31)29-15-13-28(14-16-29)23(30)11-10-20-7-4-3-5-8-20/h6,9,12,20H,3-5,7-8,10-11,13-17H2,1-2H3. The number of piperazine rings is 1. The number of amides is 2. The predicted molar refractivity (Wildman–Crippen MR) is 128 cm³/mol. The highest BCUT2D eigenvalue weighted by Crippen LogP contribution is 2.29. The minimum absolute atomic E-state index is 0.0151. The number of thioether (sulfide) groups is 1. The molecule has 0 bridgehead atoms. The van der Waals surface area contributed by atoms with Crippen molar-refractivity contribution in [2.24, 2.45) is 5.92 Å². The first-order valence-corrected chi connectivity index (χ1v) is 13.1. The molecule has 2 aromatic heterocycles. The fourth-order valence-corrected chi connectivity index (χ4v) is 5.95. The molecule has 0 atom stereocenters. The van der Waals surface area contributed by atoms with Crippen molar-refractivity contribution in [3.05, 3.63) is 40.9 Å². The zero-order valence-electron chi connectivity index (χ0n) is 19.7. The van der Waals surface area contributed by atoms with Gasteiger partial charge in [0.25, 0.3) is 5.91 Å². The van der Waals surface area contributed by atoms with Crippen molar-refractivity contribution in [2.45, 2.75) is 69.6 Å². The molecule has 2 amide bonds. The summed E-state index contributed by atoms with van der Waals surface area (Å²) in [7, 11) is 0. The summed E-state index contributed by atoms with van der Waals surface area (Å²) < 4.78 is 5.25. The summed E-state index contributed by atoms with van der Waals surface area (Å²) in [5, 5.41) is 4.72. The summed E-state index contributed by atoms with van der Waals surface area (Å²) in [5.74, 6) is 2.40. The molecular weight excluding hydrogens is 436 g/mol. The Kier molecular flexibility index (Phi) is 8.06. The largest absolute Gasteiger partial charge is 0.361 e.